The molecule has 0 radical (unpaired) electrons. The van der Waals surface area contributed by atoms with Gasteiger partial charge in [-0.25, -0.2) is 9.18 Å². The van der Waals surface area contributed by atoms with E-state index in [4.69, 9.17) is 21.1 Å². The zero-order valence-electron chi connectivity index (χ0n) is 16.2. The first-order valence-electron chi connectivity index (χ1n) is 9.35. The lowest BCUT2D eigenvalue weighted by molar-refractivity contribution is 0.109. The second kappa shape index (κ2) is 8.73. The Kier molecular flexibility index (Phi) is 5.87. The van der Waals surface area contributed by atoms with Gasteiger partial charge < -0.3 is 14.8 Å². The number of aromatic amines is 1. The van der Waals surface area contributed by atoms with Crippen LogP contribution in [0.25, 0.3) is 0 Å². The molecule has 0 saturated heterocycles. The summed E-state index contributed by atoms with van der Waals surface area (Å²) in [4.78, 5) is 14.7. The number of halogens is 2. The van der Waals surface area contributed by atoms with Gasteiger partial charge in [0.2, 0.25) is 0 Å². The van der Waals surface area contributed by atoms with E-state index in [1.165, 1.54) is 18.2 Å². The molecule has 4 rings (SSSR count). The predicted molar refractivity (Wildman–Crippen MR) is 112 cm³/mol. The molecular formula is C21H20ClFN4O3. The third-order valence-corrected chi connectivity index (χ3v) is 5.18. The van der Waals surface area contributed by atoms with E-state index >= 15 is 0 Å². The minimum atomic E-state index is -0.551. The molecule has 2 N–H and O–H groups in total. The molecule has 30 heavy (non-hydrogen) atoms. The van der Waals surface area contributed by atoms with Gasteiger partial charge in [0.05, 0.1) is 37.6 Å². The molecule has 0 unspecified atom stereocenters. The Labute approximate surface area is 177 Å². The molecule has 0 fully saturated rings. The molecule has 0 atom stereocenters. The number of hydrogen-bond acceptors (Lipinski definition) is 4. The Morgan fingerprint density at radius 1 is 1.33 bits per heavy atom. The lowest BCUT2D eigenvalue weighted by Crippen LogP contribution is -2.35. The average molecular weight is 431 g/mol. The second-order valence-corrected chi connectivity index (χ2v) is 7.18. The van der Waals surface area contributed by atoms with Crippen LogP contribution in [0.15, 0.2) is 42.5 Å². The minimum absolute atomic E-state index is 0.0673. The molecular weight excluding hydrogens is 411 g/mol. The number of fused-ring (bicyclic) bond motifs is 1. The summed E-state index contributed by atoms with van der Waals surface area (Å²) in [6.07, 6.45) is 0.755. The fraction of sp³-hybridized carbons (Fsp3) is 0.238. The largest absolute Gasteiger partial charge is 0.497 e. The molecule has 2 aromatic carbocycles. The lowest BCUT2D eigenvalue weighted by atomic mass is 10.1. The molecule has 3 aromatic rings. The first-order valence-corrected chi connectivity index (χ1v) is 9.73. The van der Waals surface area contributed by atoms with Crippen LogP contribution >= 0.6 is 11.6 Å². The van der Waals surface area contributed by atoms with Crippen LogP contribution in [0.4, 0.5) is 20.6 Å². The van der Waals surface area contributed by atoms with Crippen molar-refractivity contribution in [2.24, 2.45) is 0 Å². The molecule has 7 nitrogen and oxygen atoms in total. The van der Waals surface area contributed by atoms with E-state index in [2.05, 4.69) is 15.5 Å². The van der Waals surface area contributed by atoms with Crippen molar-refractivity contribution in [3.63, 3.8) is 0 Å². The van der Waals surface area contributed by atoms with Crippen LogP contribution in [-0.4, -0.2) is 29.9 Å². The molecule has 156 valence electrons. The van der Waals surface area contributed by atoms with E-state index in [-0.39, 0.29) is 11.6 Å². The molecule has 0 spiro atoms. The number of benzene rings is 2. The van der Waals surface area contributed by atoms with Gasteiger partial charge >= 0.3 is 6.03 Å². The Bertz CT molecular complexity index is 1050. The summed E-state index contributed by atoms with van der Waals surface area (Å²) in [6, 6.07) is 10.7. The number of carbonyl (C=O) groups excluding carboxylic acids is 1. The Morgan fingerprint density at radius 3 is 2.87 bits per heavy atom. The number of nitrogens with zero attached hydrogens (tertiary/aromatic N) is 2. The molecule has 0 aliphatic carbocycles. The molecule has 2 heterocycles. The third kappa shape index (κ3) is 4.24. The highest BCUT2D eigenvalue weighted by Crippen LogP contribution is 2.26. The fourth-order valence-corrected chi connectivity index (χ4v) is 3.44. The van der Waals surface area contributed by atoms with Crippen molar-refractivity contribution < 1.29 is 18.7 Å². The number of urea groups is 1. The summed E-state index contributed by atoms with van der Waals surface area (Å²) in [6.45, 7) is 1.32. The van der Waals surface area contributed by atoms with Gasteiger partial charge in [0, 0.05) is 29.1 Å². The number of carbonyl (C=O) groups is 1. The minimum Gasteiger partial charge on any atom is -0.497 e. The summed E-state index contributed by atoms with van der Waals surface area (Å²) in [7, 11) is 1.58. The Balaban J connectivity index is 1.63. The van der Waals surface area contributed by atoms with Gasteiger partial charge in [-0.05, 0) is 42.5 Å². The van der Waals surface area contributed by atoms with Crippen LogP contribution < -0.4 is 15.0 Å². The van der Waals surface area contributed by atoms with E-state index in [9.17, 15) is 9.18 Å². The van der Waals surface area contributed by atoms with Crippen LogP contribution in [0.1, 0.15) is 17.0 Å². The first-order chi connectivity index (χ1) is 14.5. The third-order valence-electron chi connectivity index (χ3n) is 4.89. The van der Waals surface area contributed by atoms with Crippen molar-refractivity contribution in [1.29, 1.82) is 0 Å². The summed E-state index contributed by atoms with van der Waals surface area (Å²) in [5.41, 5.74) is 3.76. The van der Waals surface area contributed by atoms with Gasteiger partial charge in [-0.1, -0.05) is 11.6 Å². The monoisotopic (exact) mass is 430 g/mol. The quantitative estimate of drug-likeness (QED) is 0.623. The van der Waals surface area contributed by atoms with Crippen molar-refractivity contribution in [3.05, 3.63) is 70.3 Å². The topological polar surface area (TPSA) is 79.5 Å². The molecule has 2 amide bonds. The van der Waals surface area contributed by atoms with Gasteiger partial charge in [0.1, 0.15) is 11.6 Å². The van der Waals surface area contributed by atoms with Gasteiger partial charge in [0.25, 0.3) is 0 Å². The maximum absolute atomic E-state index is 13.5. The highest BCUT2D eigenvalue weighted by atomic mass is 35.5. The number of H-pyrrole nitrogens is 1. The van der Waals surface area contributed by atoms with Crippen molar-refractivity contribution in [1.82, 2.24) is 10.2 Å². The lowest BCUT2D eigenvalue weighted by Gasteiger charge is -2.24. The molecule has 0 saturated carbocycles. The normalized spacial score (nSPS) is 12.9. The van der Waals surface area contributed by atoms with E-state index in [1.807, 2.05) is 0 Å². The maximum atomic E-state index is 13.5. The van der Waals surface area contributed by atoms with E-state index in [0.717, 1.165) is 23.4 Å². The molecule has 1 aromatic heterocycles. The van der Waals surface area contributed by atoms with E-state index < -0.39 is 11.8 Å². The zero-order valence-corrected chi connectivity index (χ0v) is 17.0. The summed E-state index contributed by atoms with van der Waals surface area (Å²) in [5.74, 6) is 0.125. The van der Waals surface area contributed by atoms with Crippen molar-refractivity contribution >= 4 is 29.0 Å². The number of ether oxygens (including phenoxy) is 2. The van der Waals surface area contributed by atoms with Crippen LogP contribution in [-0.2, 0) is 24.3 Å². The zero-order chi connectivity index (χ0) is 21.1. The highest BCUT2D eigenvalue weighted by molar-refractivity contribution is 6.31. The Morgan fingerprint density at radius 2 is 2.13 bits per heavy atom. The van der Waals surface area contributed by atoms with Gasteiger partial charge in [-0.2, -0.15) is 5.10 Å². The summed E-state index contributed by atoms with van der Waals surface area (Å²) in [5, 5.41) is 10.1. The number of aromatic nitrogens is 2. The number of methoxy groups -OCH3 is 1. The summed E-state index contributed by atoms with van der Waals surface area (Å²) >= 11 is 5.84. The predicted octanol–water partition coefficient (Wildman–Crippen LogP) is 4.52. The standard InChI is InChI=1S/C21H20ClFN4O3/c1-29-15-5-3-14(4-6-15)27(11-20-16-12-30-9-8-19(16)25-26-20)21(28)24-13-2-7-18(23)17(22)10-13/h2-7,10H,8-9,11-12H2,1H3,(H,24,28)(H,25,26). The van der Waals surface area contributed by atoms with Gasteiger partial charge in [-0.3, -0.25) is 10.00 Å². The number of rotatable bonds is 5. The van der Waals surface area contributed by atoms with Crippen LogP contribution in [0.5, 0.6) is 5.75 Å². The van der Waals surface area contributed by atoms with E-state index in [1.54, 1.807) is 36.3 Å². The van der Waals surface area contributed by atoms with Crippen molar-refractivity contribution in [2.75, 3.05) is 23.9 Å². The molecule has 1 aliphatic rings. The SMILES string of the molecule is COc1ccc(N(Cc2n[nH]c3c2COCC3)C(=O)Nc2ccc(F)c(Cl)c2)cc1. The summed E-state index contributed by atoms with van der Waals surface area (Å²) < 4.78 is 24.2. The van der Waals surface area contributed by atoms with Crippen LogP contribution in [0, 0.1) is 5.82 Å². The average Bonchev–Trinajstić information content (AvgIpc) is 3.17. The number of hydrogen-bond donors (Lipinski definition) is 2. The van der Waals surface area contributed by atoms with Crippen LogP contribution in [0.3, 0.4) is 0 Å². The Hall–Kier alpha value is -3.10. The molecule has 0 bridgehead atoms. The second-order valence-electron chi connectivity index (χ2n) is 6.77. The molecule has 9 heteroatoms. The number of nitrogens with one attached hydrogen (secondary N) is 2. The highest BCUT2D eigenvalue weighted by Gasteiger charge is 2.23. The smallest absolute Gasteiger partial charge is 0.326 e. The number of amides is 2. The van der Waals surface area contributed by atoms with E-state index in [0.29, 0.717) is 30.3 Å². The maximum Gasteiger partial charge on any atom is 0.326 e. The van der Waals surface area contributed by atoms with Crippen molar-refractivity contribution in [2.45, 2.75) is 19.6 Å². The van der Waals surface area contributed by atoms with Gasteiger partial charge in [0.15, 0.2) is 0 Å². The molecule has 1 aliphatic heterocycles. The van der Waals surface area contributed by atoms with Crippen LogP contribution in [0.2, 0.25) is 5.02 Å². The van der Waals surface area contributed by atoms with Gasteiger partial charge in [-0.15, -0.1) is 0 Å². The fourth-order valence-electron chi connectivity index (χ4n) is 3.26. The number of anilines is 2. The first kappa shape index (κ1) is 20.2. The van der Waals surface area contributed by atoms with Crippen molar-refractivity contribution in [3.8, 4) is 5.75 Å².